The monoisotopic (exact) mass is 249 g/mol. The van der Waals surface area contributed by atoms with Gasteiger partial charge in [-0.2, -0.15) is 0 Å². The predicted molar refractivity (Wildman–Crippen MR) is 60.2 cm³/mol. The molecule has 0 fully saturated rings. The molecule has 14 heavy (non-hydrogen) atoms. The Kier molecular flexibility index (Phi) is 2.75. The van der Waals surface area contributed by atoms with E-state index < -0.39 is 0 Å². The molecule has 0 aromatic heterocycles. The molecule has 2 aromatic rings. The van der Waals surface area contributed by atoms with Crippen molar-refractivity contribution in [2.75, 3.05) is 0 Å². The normalized spacial score (nSPS) is 10.1. The van der Waals surface area contributed by atoms with Gasteiger partial charge < -0.3 is 9.68 Å². The minimum atomic E-state index is 0.645. The highest BCUT2D eigenvalue weighted by molar-refractivity contribution is 9.10. The van der Waals surface area contributed by atoms with Crippen LogP contribution in [0.5, 0.6) is 5.75 Å². The van der Waals surface area contributed by atoms with Gasteiger partial charge in [-0.05, 0) is 17.5 Å². The first-order valence-electron chi connectivity index (χ1n) is 4.13. The van der Waals surface area contributed by atoms with Crippen molar-refractivity contribution in [1.29, 1.82) is 0 Å². The number of halogens is 1. The molecule has 1 radical (unpaired) electrons. The van der Waals surface area contributed by atoms with Crippen LogP contribution in [0.25, 0.3) is 10.8 Å². The van der Waals surface area contributed by atoms with E-state index in [1.807, 2.05) is 36.4 Å². The van der Waals surface area contributed by atoms with Crippen LogP contribution >= 0.6 is 15.9 Å². The lowest BCUT2D eigenvalue weighted by Crippen LogP contribution is -1.99. The highest BCUT2D eigenvalue weighted by atomic mass is 79.9. The molecule has 0 saturated heterocycles. The molecule has 1 N–H and O–H groups in total. The van der Waals surface area contributed by atoms with Crippen LogP contribution in [0.15, 0.2) is 40.9 Å². The van der Waals surface area contributed by atoms with E-state index in [0.717, 1.165) is 15.2 Å². The van der Waals surface area contributed by atoms with Gasteiger partial charge in [0, 0.05) is 9.86 Å². The first-order valence-corrected chi connectivity index (χ1v) is 4.92. The zero-order chi connectivity index (χ0) is 9.97. The van der Waals surface area contributed by atoms with Gasteiger partial charge in [-0.25, -0.2) is 0 Å². The summed E-state index contributed by atoms with van der Waals surface area (Å²) in [6.07, 6.45) is 0. The zero-order valence-electron chi connectivity index (χ0n) is 7.27. The van der Waals surface area contributed by atoms with Crippen LogP contribution in [0.2, 0.25) is 0 Å². The summed E-state index contributed by atoms with van der Waals surface area (Å²) in [6.45, 7) is 0. The van der Waals surface area contributed by atoms with Crippen LogP contribution in [-0.4, -0.2) is 12.7 Å². The summed E-state index contributed by atoms with van der Waals surface area (Å²) >= 11 is 3.45. The maximum absolute atomic E-state index is 8.59. The molecule has 0 aliphatic carbocycles. The minimum Gasteiger partial charge on any atom is -0.537 e. The quantitative estimate of drug-likeness (QED) is 0.829. The maximum Gasteiger partial charge on any atom is 0.569 e. The Bertz CT molecular complexity index is 459. The summed E-state index contributed by atoms with van der Waals surface area (Å²) in [6, 6.07) is 11.5. The van der Waals surface area contributed by atoms with Crippen LogP contribution in [-0.2, 0) is 0 Å². The van der Waals surface area contributed by atoms with Crippen molar-refractivity contribution in [3.63, 3.8) is 0 Å². The van der Waals surface area contributed by atoms with E-state index in [4.69, 9.17) is 9.68 Å². The molecule has 2 nitrogen and oxygen atoms in total. The second kappa shape index (κ2) is 4.03. The SMILES string of the molecule is O[B]Oc1cccc2c(Br)cccc12. The van der Waals surface area contributed by atoms with Gasteiger partial charge in [-0.15, -0.1) is 0 Å². The van der Waals surface area contributed by atoms with Gasteiger partial charge in [0.1, 0.15) is 5.75 Å². The fraction of sp³-hybridized carbons (Fsp3) is 0. The van der Waals surface area contributed by atoms with E-state index in [1.54, 1.807) is 0 Å². The molecule has 2 aromatic carbocycles. The molecule has 4 heteroatoms. The van der Waals surface area contributed by atoms with Gasteiger partial charge >= 0.3 is 7.69 Å². The molecule has 0 saturated carbocycles. The molecule has 0 bridgehead atoms. The van der Waals surface area contributed by atoms with Gasteiger partial charge in [0.2, 0.25) is 0 Å². The lowest BCUT2D eigenvalue weighted by Gasteiger charge is -2.06. The maximum atomic E-state index is 8.59. The second-order valence-electron chi connectivity index (χ2n) is 2.81. The zero-order valence-corrected chi connectivity index (χ0v) is 8.86. The van der Waals surface area contributed by atoms with Gasteiger partial charge in [0.25, 0.3) is 0 Å². The molecule has 0 aliphatic rings. The molecule has 0 spiro atoms. The lowest BCUT2D eigenvalue weighted by molar-refractivity contribution is 0.457. The van der Waals surface area contributed by atoms with Crippen molar-refractivity contribution < 1.29 is 9.68 Å². The Morgan fingerprint density at radius 1 is 1.07 bits per heavy atom. The molecular formula is C10H7BBrO2. The van der Waals surface area contributed by atoms with Gasteiger partial charge in [-0.3, -0.25) is 0 Å². The number of rotatable bonds is 2. The molecule has 0 atom stereocenters. The fourth-order valence-corrected chi connectivity index (χ4v) is 1.90. The van der Waals surface area contributed by atoms with E-state index in [1.165, 1.54) is 0 Å². The Morgan fingerprint density at radius 3 is 2.57 bits per heavy atom. The van der Waals surface area contributed by atoms with Crippen molar-refractivity contribution in [3.8, 4) is 5.75 Å². The van der Waals surface area contributed by atoms with E-state index >= 15 is 0 Å². The third-order valence-corrected chi connectivity index (χ3v) is 2.70. The largest absolute Gasteiger partial charge is 0.569 e. The Labute approximate surface area is 90.9 Å². The Hall–Kier alpha value is -0.995. The summed E-state index contributed by atoms with van der Waals surface area (Å²) < 4.78 is 6.00. The third kappa shape index (κ3) is 1.63. The number of fused-ring (bicyclic) bond motifs is 1. The molecular weight excluding hydrogens is 243 g/mol. The average molecular weight is 250 g/mol. The molecule has 2 rings (SSSR count). The van der Waals surface area contributed by atoms with Crippen molar-refractivity contribution in [2.45, 2.75) is 0 Å². The van der Waals surface area contributed by atoms with E-state index in [9.17, 15) is 0 Å². The number of hydrogen-bond donors (Lipinski definition) is 1. The van der Waals surface area contributed by atoms with Crippen molar-refractivity contribution in [1.82, 2.24) is 0 Å². The molecule has 0 heterocycles. The van der Waals surface area contributed by atoms with E-state index in [2.05, 4.69) is 15.9 Å². The van der Waals surface area contributed by atoms with Crippen molar-refractivity contribution >= 4 is 34.4 Å². The second-order valence-corrected chi connectivity index (χ2v) is 3.67. The minimum absolute atomic E-state index is 0.645. The van der Waals surface area contributed by atoms with Crippen molar-refractivity contribution in [2.24, 2.45) is 0 Å². The van der Waals surface area contributed by atoms with Gasteiger partial charge in [0.05, 0.1) is 0 Å². The smallest absolute Gasteiger partial charge is 0.537 e. The van der Waals surface area contributed by atoms with E-state index in [-0.39, 0.29) is 0 Å². The van der Waals surface area contributed by atoms with Crippen LogP contribution in [0.1, 0.15) is 0 Å². The summed E-state index contributed by atoms with van der Waals surface area (Å²) in [7, 11) is 0.690. The molecule has 0 unspecified atom stereocenters. The average Bonchev–Trinajstić information content (AvgIpc) is 2.20. The fourth-order valence-electron chi connectivity index (χ4n) is 1.40. The summed E-state index contributed by atoms with van der Waals surface area (Å²) in [4.78, 5) is 0. The highest BCUT2D eigenvalue weighted by Gasteiger charge is 2.03. The highest BCUT2D eigenvalue weighted by Crippen LogP contribution is 2.30. The molecule has 0 amide bonds. The topological polar surface area (TPSA) is 29.5 Å². The Morgan fingerprint density at radius 2 is 1.79 bits per heavy atom. The first-order chi connectivity index (χ1) is 6.83. The van der Waals surface area contributed by atoms with E-state index in [0.29, 0.717) is 13.4 Å². The molecule has 69 valence electrons. The van der Waals surface area contributed by atoms with Crippen LogP contribution in [0, 0.1) is 0 Å². The predicted octanol–water partition coefficient (Wildman–Crippen LogP) is 2.51. The first kappa shape index (κ1) is 9.56. The molecule has 0 aliphatic heterocycles. The van der Waals surface area contributed by atoms with Gasteiger partial charge in [-0.1, -0.05) is 40.2 Å². The van der Waals surface area contributed by atoms with Crippen LogP contribution in [0.3, 0.4) is 0 Å². The number of hydrogen-bond acceptors (Lipinski definition) is 2. The Balaban J connectivity index is 2.68. The third-order valence-electron chi connectivity index (χ3n) is 2.01. The van der Waals surface area contributed by atoms with Crippen LogP contribution < -0.4 is 4.65 Å². The van der Waals surface area contributed by atoms with Crippen LogP contribution in [0.4, 0.5) is 0 Å². The number of benzene rings is 2. The van der Waals surface area contributed by atoms with Gasteiger partial charge in [0.15, 0.2) is 0 Å². The summed E-state index contributed by atoms with van der Waals surface area (Å²) in [5.41, 5.74) is 0. The lowest BCUT2D eigenvalue weighted by atomic mass is 10.1. The summed E-state index contributed by atoms with van der Waals surface area (Å²) in [5.74, 6) is 0.645. The summed E-state index contributed by atoms with van der Waals surface area (Å²) in [5, 5.41) is 10.6. The standard InChI is InChI=1S/C10H7BBrO2/c12-9-5-1-4-8-7(9)3-2-6-10(8)14-11-13/h1-6,13H. The van der Waals surface area contributed by atoms with Crippen molar-refractivity contribution in [3.05, 3.63) is 40.9 Å².